The lowest BCUT2D eigenvalue weighted by molar-refractivity contribution is -0.143. The zero-order chi connectivity index (χ0) is 13.8. The van der Waals surface area contributed by atoms with Gasteiger partial charge in [0.25, 0.3) is 0 Å². The molecule has 0 bridgehead atoms. The Hall–Kier alpha value is -1.75. The minimum atomic E-state index is -0.727. The predicted molar refractivity (Wildman–Crippen MR) is 76.4 cm³/mol. The van der Waals surface area contributed by atoms with Crippen molar-refractivity contribution in [1.82, 2.24) is 4.90 Å². The van der Waals surface area contributed by atoms with Crippen molar-refractivity contribution in [3.05, 3.63) is 24.3 Å². The number of hydrogen-bond acceptors (Lipinski definition) is 4. The number of rotatable bonds is 4. The third-order valence-corrected chi connectivity index (χ3v) is 3.70. The smallest absolute Gasteiger partial charge is 0.320 e. The molecule has 1 saturated heterocycles. The van der Waals surface area contributed by atoms with Crippen LogP contribution in [0.1, 0.15) is 13.3 Å². The van der Waals surface area contributed by atoms with Crippen LogP contribution in [-0.4, -0.2) is 48.2 Å². The van der Waals surface area contributed by atoms with E-state index in [1.54, 1.807) is 0 Å². The van der Waals surface area contributed by atoms with Gasteiger partial charge in [0.05, 0.1) is 11.4 Å². The molecule has 19 heavy (non-hydrogen) atoms. The van der Waals surface area contributed by atoms with Crippen molar-refractivity contribution < 1.29 is 9.90 Å². The minimum absolute atomic E-state index is 0.365. The summed E-state index contributed by atoms with van der Waals surface area (Å²) in [7, 11) is 0. The number of aliphatic carboxylic acids is 1. The van der Waals surface area contributed by atoms with Crippen molar-refractivity contribution in [2.24, 2.45) is 0 Å². The van der Waals surface area contributed by atoms with Gasteiger partial charge in [-0.2, -0.15) is 0 Å². The van der Waals surface area contributed by atoms with Gasteiger partial charge in [0.15, 0.2) is 0 Å². The Kier molecular flexibility index (Phi) is 4.27. The zero-order valence-electron chi connectivity index (χ0n) is 11.2. The van der Waals surface area contributed by atoms with Crippen LogP contribution in [0.3, 0.4) is 0 Å². The summed E-state index contributed by atoms with van der Waals surface area (Å²) in [6.07, 6.45) is 0.642. The van der Waals surface area contributed by atoms with E-state index in [-0.39, 0.29) is 6.04 Å². The van der Waals surface area contributed by atoms with Crippen molar-refractivity contribution in [3.8, 4) is 0 Å². The molecule has 0 aromatic heterocycles. The van der Waals surface area contributed by atoms with Gasteiger partial charge in [-0.15, -0.1) is 0 Å². The van der Waals surface area contributed by atoms with Crippen LogP contribution in [0.2, 0.25) is 0 Å². The topological polar surface area (TPSA) is 69.8 Å². The average molecular weight is 263 g/mol. The molecule has 1 unspecified atom stereocenters. The van der Waals surface area contributed by atoms with Gasteiger partial charge in [0.1, 0.15) is 6.04 Å². The zero-order valence-corrected chi connectivity index (χ0v) is 11.2. The molecule has 5 nitrogen and oxygen atoms in total. The van der Waals surface area contributed by atoms with Crippen molar-refractivity contribution in [1.29, 1.82) is 0 Å². The normalized spacial score (nSPS) is 18.3. The van der Waals surface area contributed by atoms with Gasteiger partial charge in [0.2, 0.25) is 0 Å². The van der Waals surface area contributed by atoms with E-state index in [0.29, 0.717) is 6.42 Å². The standard InChI is InChI=1S/C14H21N3O2/c1-2-12(14(18)19)16-7-9-17(10-8-16)13-6-4-3-5-11(13)15/h3-6,12H,2,7-10,15H2,1H3,(H,18,19). The Bertz CT molecular complexity index is 442. The van der Waals surface area contributed by atoms with Crippen LogP contribution in [0, 0.1) is 0 Å². The van der Waals surface area contributed by atoms with Gasteiger partial charge in [-0.05, 0) is 18.6 Å². The van der Waals surface area contributed by atoms with Gasteiger partial charge in [-0.25, -0.2) is 0 Å². The fourth-order valence-corrected chi connectivity index (χ4v) is 2.64. The molecule has 104 valence electrons. The second-order valence-electron chi connectivity index (χ2n) is 4.84. The largest absolute Gasteiger partial charge is 0.480 e. The lowest BCUT2D eigenvalue weighted by Gasteiger charge is -2.38. The second kappa shape index (κ2) is 5.93. The molecular formula is C14H21N3O2. The quantitative estimate of drug-likeness (QED) is 0.800. The third-order valence-electron chi connectivity index (χ3n) is 3.70. The number of anilines is 2. The van der Waals surface area contributed by atoms with E-state index < -0.39 is 5.97 Å². The van der Waals surface area contributed by atoms with Crippen LogP contribution in [0.15, 0.2) is 24.3 Å². The van der Waals surface area contributed by atoms with Gasteiger partial charge in [-0.3, -0.25) is 9.69 Å². The molecule has 1 aliphatic heterocycles. The number of nitrogens with zero attached hydrogens (tertiary/aromatic N) is 2. The lowest BCUT2D eigenvalue weighted by Crippen LogP contribution is -2.52. The predicted octanol–water partition coefficient (Wildman–Crippen LogP) is 1.25. The SMILES string of the molecule is CCC(C(=O)O)N1CCN(c2ccccc2N)CC1. The molecule has 1 aliphatic rings. The van der Waals surface area contributed by atoms with E-state index in [9.17, 15) is 9.90 Å². The number of hydrogen-bond donors (Lipinski definition) is 2. The monoisotopic (exact) mass is 263 g/mol. The average Bonchev–Trinajstić information content (AvgIpc) is 2.41. The van der Waals surface area contributed by atoms with Gasteiger partial charge in [-0.1, -0.05) is 19.1 Å². The molecule has 1 fully saturated rings. The van der Waals surface area contributed by atoms with Crippen LogP contribution in [-0.2, 0) is 4.79 Å². The molecule has 0 radical (unpaired) electrons. The summed E-state index contributed by atoms with van der Waals surface area (Å²) in [5.41, 5.74) is 7.80. The fourth-order valence-electron chi connectivity index (χ4n) is 2.64. The maximum atomic E-state index is 11.2. The number of nitrogens with two attached hydrogens (primary N) is 1. The molecule has 0 spiro atoms. The van der Waals surface area contributed by atoms with Crippen LogP contribution < -0.4 is 10.6 Å². The number of piperazine rings is 1. The van der Waals surface area contributed by atoms with E-state index in [1.165, 1.54) is 0 Å². The first-order chi connectivity index (χ1) is 9.13. The van der Waals surface area contributed by atoms with Crippen molar-refractivity contribution >= 4 is 17.3 Å². The Labute approximate surface area is 113 Å². The molecule has 3 N–H and O–H groups in total. The maximum Gasteiger partial charge on any atom is 0.320 e. The van der Waals surface area contributed by atoms with Crippen LogP contribution >= 0.6 is 0 Å². The first-order valence-corrected chi connectivity index (χ1v) is 6.69. The summed E-state index contributed by atoms with van der Waals surface area (Å²) in [5.74, 6) is -0.727. The summed E-state index contributed by atoms with van der Waals surface area (Å²) in [4.78, 5) is 15.4. The second-order valence-corrected chi connectivity index (χ2v) is 4.84. The highest BCUT2D eigenvalue weighted by atomic mass is 16.4. The molecule has 0 aliphatic carbocycles. The molecule has 5 heteroatoms. The number of carboxylic acid groups (broad SMARTS) is 1. The van der Waals surface area contributed by atoms with Crippen molar-refractivity contribution in [2.45, 2.75) is 19.4 Å². The van der Waals surface area contributed by atoms with Gasteiger partial charge < -0.3 is 15.7 Å². The molecule has 1 heterocycles. The van der Waals surface area contributed by atoms with E-state index in [0.717, 1.165) is 37.6 Å². The first kappa shape index (κ1) is 13.7. The van der Waals surface area contributed by atoms with E-state index >= 15 is 0 Å². The van der Waals surface area contributed by atoms with Gasteiger partial charge in [0, 0.05) is 26.2 Å². The Balaban J connectivity index is 2.00. The minimum Gasteiger partial charge on any atom is -0.480 e. The van der Waals surface area contributed by atoms with Gasteiger partial charge >= 0.3 is 5.97 Å². The van der Waals surface area contributed by atoms with Crippen LogP contribution in [0.5, 0.6) is 0 Å². The number of carboxylic acids is 1. The number of nitrogen functional groups attached to an aromatic ring is 1. The summed E-state index contributed by atoms with van der Waals surface area (Å²) in [6.45, 7) is 5.08. The Morgan fingerprint density at radius 3 is 2.47 bits per heavy atom. The summed E-state index contributed by atoms with van der Waals surface area (Å²) < 4.78 is 0. The molecule has 0 saturated carbocycles. The number of para-hydroxylation sites is 2. The Morgan fingerprint density at radius 1 is 1.32 bits per heavy atom. The van der Waals surface area contributed by atoms with E-state index in [1.807, 2.05) is 36.1 Å². The number of carbonyl (C=O) groups is 1. The maximum absolute atomic E-state index is 11.2. The van der Waals surface area contributed by atoms with Crippen molar-refractivity contribution in [3.63, 3.8) is 0 Å². The molecule has 1 aromatic carbocycles. The highest BCUT2D eigenvalue weighted by molar-refractivity contribution is 5.73. The molecule has 1 atom stereocenters. The van der Waals surface area contributed by atoms with Crippen molar-refractivity contribution in [2.75, 3.05) is 36.8 Å². The third kappa shape index (κ3) is 2.98. The fraction of sp³-hybridized carbons (Fsp3) is 0.500. The Morgan fingerprint density at radius 2 is 1.95 bits per heavy atom. The molecule has 0 amide bonds. The highest BCUT2D eigenvalue weighted by Crippen LogP contribution is 2.24. The summed E-state index contributed by atoms with van der Waals surface area (Å²) >= 11 is 0. The highest BCUT2D eigenvalue weighted by Gasteiger charge is 2.27. The van der Waals surface area contributed by atoms with Crippen LogP contribution in [0.4, 0.5) is 11.4 Å². The van der Waals surface area contributed by atoms with E-state index in [2.05, 4.69) is 4.90 Å². The van der Waals surface area contributed by atoms with Crippen LogP contribution in [0.25, 0.3) is 0 Å². The molecule has 1 aromatic rings. The molecule has 2 rings (SSSR count). The molecular weight excluding hydrogens is 242 g/mol. The first-order valence-electron chi connectivity index (χ1n) is 6.69. The van der Waals surface area contributed by atoms with E-state index in [4.69, 9.17) is 5.73 Å². The lowest BCUT2D eigenvalue weighted by atomic mass is 10.1. The summed E-state index contributed by atoms with van der Waals surface area (Å²) in [6, 6.07) is 7.44. The number of benzene rings is 1. The summed E-state index contributed by atoms with van der Waals surface area (Å²) in [5, 5.41) is 9.18.